The number of rotatable bonds is 3. The predicted molar refractivity (Wildman–Crippen MR) is 76.0 cm³/mol. The monoisotopic (exact) mass is 248 g/mol. The second-order valence-electron chi connectivity index (χ2n) is 5.07. The van der Waals surface area contributed by atoms with Gasteiger partial charge in [-0.25, -0.2) is 4.98 Å². The first-order valence-corrected chi connectivity index (χ1v) is 6.78. The average molecular weight is 248 g/mol. The summed E-state index contributed by atoms with van der Waals surface area (Å²) in [6.07, 6.45) is 3.11. The SMILES string of the molecule is CNC(C)c1cccnc1N1CCCN(C)CC1. The normalized spacial score (nSPS) is 19.6. The van der Waals surface area contributed by atoms with E-state index >= 15 is 0 Å². The fourth-order valence-electron chi connectivity index (χ4n) is 2.43. The highest BCUT2D eigenvalue weighted by molar-refractivity contribution is 5.48. The Kier molecular flexibility index (Phi) is 4.55. The standard InChI is InChI=1S/C14H24N4/c1-12(15-2)13-6-4-7-16-14(13)18-9-5-8-17(3)10-11-18/h4,6-7,12,15H,5,8-11H2,1-3H3. The largest absolute Gasteiger partial charge is 0.355 e. The minimum Gasteiger partial charge on any atom is -0.355 e. The zero-order valence-electron chi connectivity index (χ0n) is 11.7. The van der Waals surface area contributed by atoms with Gasteiger partial charge in [0.25, 0.3) is 0 Å². The van der Waals surface area contributed by atoms with Crippen LogP contribution in [0.2, 0.25) is 0 Å². The number of nitrogens with zero attached hydrogens (tertiary/aromatic N) is 3. The van der Waals surface area contributed by atoms with Gasteiger partial charge in [0, 0.05) is 37.4 Å². The summed E-state index contributed by atoms with van der Waals surface area (Å²) in [6.45, 7) is 6.65. The molecule has 1 aliphatic heterocycles. The molecule has 4 nitrogen and oxygen atoms in total. The first-order valence-electron chi connectivity index (χ1n) is 6.78. The fourth-order valence-corrected chi connectivity index (χ4v) is 2.43. The van der Waals surface area contributed by atoms with Gasteiger partial charge in [0.1, 0.15) is 5.82 Å². The van der Waals surface area contributed by atoms with Crippen LogP contribution in [-0.4, -0.2) is 50.2 Å². The van der Waals surface area contributed by atoms with Crippen molar-refractivity contribution in [3.63, 3.8) is 0 Å². The third-order valence-electron chi connectivity index (χ3n) is 3.74. The number of likely N-dealkylation sites (N-methyl/N-ethyl adjacent to an activating group) is 1. The number of hydrogen-bond donors (Lipinski definition) is 1. The molecular formula is C14H24N4. The lowest BCUT2D eigenvalue weighted by atomic mass is 10.1. The molecule has 1 atom stereocenters. The van der Waals surface area contributed by atoms with Crippen LogP contribution in [0.15, 0.2) is 18.3 Å². The van der Waals surface area contributed by atoms with Gasteiger partial charge in [-0.2, -0.15) is 0 Å². The van der Waals surface area contributed by atoms with Crippen LogP contribution >= 0.6 is 0 Å². The molecule has 2 heterocycles. The van der Waals surface area contributed by atoms with Crippen LogP contribution in [-0.2, 0) is 0 Å². The van der Waals surface area contributed by atoms with E-state index in [0.717, 1.165) is 25.5 Å². The van der Waals surface area contributed by atoms with Gasteiger partial charge in [0.2, 0.25) is 0 Å². The Morgan fingerprint density at radius 3 is 2.89 bits per heavy atom. The third kappa shape index (κ3) is 3.00. The molecule has 18 heavy (non-hydrogen) atoms. The molecule has 1 aromatic heterocycles. The molecule has 1 aliphatic rings. The summed E-state index contributed by atoms with van der Waals surface area (Å²) < 4.78 is 0. The van der Waals surface area contributed by atoms with Crippen molar-refractivity contribution in [1.82, 2.24) is 15.2 Å². The van der Waals surface area contributed by atoms with Gasteiger partial charge in [0.05, 0.1) is 0 Å². The number of anilines is 1. The molecule has 0 radical (unpaired) electrons. The summed E-state index contributed by atoms with van der Waals surface area (Å²) in [7, 11) is 4.19. The summed E-state index contributed by atoms with van der Waals surface area (Å²) in [5.74, 6) is 1.15. The number of pyridine rings is 1. The molecule has 0 saturated carbocycles. The maximum atomic E-state index is 4.61. The highest BCUT2D eigenvalue weighted by atomic mass is 15.2. The molecule has 0 spiro atoms. The Balaban J connectivity index is 2.21. The van der Waals surface area contributed by atoms with Crippen molar-refractivity contribution in [2.75, 3.05) is 45.2 Å². The first-order chi connectivity index (χ1) is 8.72. The van der Waals surface area contributed by atoms with E-state index in [-0.39, 0.29) is 0 Å². The lowest BCUT2D eigenvalue weighted by Crippen LogP contribution is -2.31. The summed E-state index contributed by atoms with van der Waals surface area (Å²) in [5.41, 5.74) is 1.30. The molecule has 100 valence electrons. The van der Waals surface area contributed by atoms with Gasteiger partial charge in [-0.05, 0) is 40.1 Å². The Morgan fingerprint density at radius 2 is 2.11 bits per heavy atom. The third-order valence-corrected chi connectivity index (χ3v) is 3.74. The van der Waals surface area contributed by atoms with Crippen LogP contribution in [0.1, 0.15) is 24.9 Å². The van der Waals surface area contributed by atoms with Crippen LogP contribution in [0.4, 0.5) is 5.82 Å². The Hall–Kier alpha value is -1.13. The number of aromatic nitrogens is 1. The molecule has 1 unspecified atom stereocenters. The minimum absolute atomic E-state index is 0.342. The smallest absolute Gasteiger partial charge is 0.133 e. The highest BCUT2D eigenvalue weighted by Gasteiger charge is 2.18. The van der Waals surface area contributed by atoms with E-state index in [4.69, 9.17) is 0 Å². The van der Waals surface area contributed by atoms with E-state index in [1.165, 1.54) is 18.5 Å². The lowest BCUT2D eigenvalue weighted by molar-refractivity contribution is 0.360. The number of nitrogens with one attached hydrogen (secondary N) is 1. The van der Waals surface area contributed by atoms with E-state index in [0.29, 0.717) is 6.04 Å². The zero-order valence-corrected chi connectivity index (χ0v) is 11.7. The van der Waals surface area contributed by atoms with Gasteiger partial charge >= 0.3 is 0 Å². The average Bonchev–Trinajstić information content (AvgIpc) is 2.62. The molecule has 0 amide bonds. The van der Waals surface area contributed by atoms with Crippen molar-refractivity contribution >= 4 is 5.82 Å². The summed E-state index contributed by atoms with van der Waals surface area (Å²) in [4.78, 5) is 9.42. The first kappa shape index (κ1) is 13.3. The quantitative estimate of drug-likeness (QED) is 0.878. The van der Waals surface area contributed by atoms with Gasteiger partial charge < -0.3 is 15.1 Å². The van der Waals surface area contributed by atoms with Crippen molar-refractivity contribution in [1.29, 1.82) is 0 Å². The molecule has 1 N–H and O–H groups in total. The second-order valence-corrected chi connectivity index (χ2v) is 5.07. The van der Waals surface area contributed by atoms with Gasteiger partial charge in [-0.3, -0.25) is 0 Å². The van der Waals surface area contributed by atoms with Crippen LogP contribution in [0.5, 0.6) is 0 Å². The van der Waals surface area contributed by atoms with Crippen molar-refractivity contribution in [3.8, 4) is 0 Å². The summed E-state index contributed by atoms with van der Waals surface area (Å²) >= 11 is 0. The minimum atomic E-state index is 0.342. The molecule has 1 aromatic rings. The van der Waals surface area contributed by atoms with Crippen LogP contribution in [0.25, 0.3) is 0 Å². The molecule has 1 saturated heterocycles. The number of hydrogen-bond acceptors (Lipinski definition) is 4. The van der Waals surface area contributed by atoms with E-state index in [2.05, 4.69) is 40.1 Å². The molecule has 4 heteroatoms. The van der Waals surface area contributed by atoms with Gasteiger partial charge in [-0.15, -0.1) is 0 Å². The molecular weight excluding hydrogens is 224 g/mol. The van der Waals surface area contributed by atoms with Gasteiger partial charge in [0.15, 0.2) is 0 Å². The van der Waals surface area contributed by atoms with Crippen LogP contribution in [0.3, 0.4) is 0 Å². The molecule has 1 fully saturated rings. The Bertz CT molecular complexity index is 380. The van der Waals surface area contributed by atoms with Crippen molar-refractivity contribution in [3.05, 3.63) is 23.9 Å². The molecule has 0 aliphatic carbocycles. The fraction of sp³-hybridized carbons (Fsp3) is 0.643. The molecule has 0 bridgehead atoms. The van der Waals surface area contributed by atoms with Crippen molar-refractivity contribution in [2.45, 2.75) is 19.4 Å². The van der Waals surface area contributed by atoms with Crippen LogP contribution in [0, 0.1) is 0 Å². The van der Waals surface area contributed by atoms with E-state index in [1.807, 2.05) is 19.3 Å². The second kappa shape index (κ2) is 6.16. The van der Waals surface area contributed by atoms with E-state index < -0.39 is 0 Å². The maximum absolute atomic E-state index is 4.61. The maximum Gasteiger partial charge on any atom is 0.133 e. The lowest BCUT2D eigenvalue weighted by Gasteiger charge is -2.26. The van der Waals surface area contributed by atoms with Gasteiger partial charge in [-0.1, -0.05) is 6.07 Å². The van der Waals surface area contributed by atoms with E-state index in [9.17, 15) is 0 Å². The Morgan fingerprint density at radius 1 is 1.28 bits per heavy atom. The van der Waals surface area contributed by atoms with Crippen molar-refractivity contribution in [2.24, 2.45) is 0 Å². The topological polar surface area (TPSA) is 31.4 Å². The Labute approximate surface area is 110 Å². The van der Waals surface area contributed by atoms with Crippen molar-refractivity contribution < 1.29 is 0 Å². The van der Waals surface area contributed by atoms with E-state index in [1.54, 1.807) is 0 Å². The summed E-state index contributed by atoms with van der Waals surface area (Å²) in [6, 6.07) is 4.55. The summed E-state index contributed by atoms with van der Waals surface area (Å²) in [5, 5.41) is 3.31. The molecule has 0 aromatic carbocycles. The molecule has 2 rings (SSSR count). The highest BCUT2D eigenvalue weighted by Crippen LogP contribution is 2.24. The zero-order chi connectivity index (χ0) is 13.0. The predicted octanol–water partition coefficient (Wildman–Crippen LogP) is 1.50. The van der Waals surface area contributed by atoms with Crippen LogP contribution < -0.4 is 10.2 Å².